The molecule has 0 atom stereocenters. The maximum atomic E-state index is 13.0. The van der Waals surface area contributed by atoms with Gasteiger partial charge in [-0.05, 0) is 24.9 Å². The van der Waals surface area contributed by atoms with Crippen LogP contribution in [0.15, 0.2) is 15.7 Å². The molecule has 0 aliphatic carbocycles. The summed E-state index contributed by atoms with van der Waals surface area (Å²) in [6.07, 6.45) is 0. The minimum atomic E-state index is -0.580. The van der Waals surface area contributed by atoms with E-state index in [9.17, 15) is 14.4 Å². The van der Waals surface area contributed by atoms with Gasteiger partial charge in [0, 0.05) is 32.4 Å². The number of rotatable bonds is 7. The highest BCUT2D eigenvalue weighted by Crippen LogP contribution is 2.21. The molecule has 0 saturated heterocycles. The summed E-state index contributed by atoms with van der Waals surface area (Å²) < 4.78 is 1.46. The van der Waals surface area contributed by atoms with Crippen molar-refractivity contribution in [3.8, 4) is 0 Å². The highest BCUT2D eigenvalue weighted by molar-refractivity contribution is 6.05. The van der Waals surface area contributed by atoms with Crippen LogP contribution in [0, 0.1) is 5.92 Å². The fraction of sp³-hybridized carbons (Fsp3) is 0.579. The van der Waals surface area contributed by atoms with Crippen molar-refractivity contribution in [3.05, 3.63) is 38.2 Å². The van der Waals surface area contributed by atoms with Crippen LogP contribution in [0.25, 0.3) is 11.0 Å². The molecule has 0 aromatic carbocycles. The van der Waals surface area contributed by atoms with Gasteiger partial charge >= 0.3 is 5.69 Å². The van der Waals surface area contributed by atoms with E-state index >= 15 is 0 Å². The molecular formula is C19H31Cl2N5O3. The summed E-state index contributed by atoms with van der Waals surface area (Å²) in [6, 6.07) is 1.67. The predicted molar refractivity (Wildman–Crippen MR) is 121 cm³/mol. The van der Waals surface area contributed by atoms with E-state index in [0.717, 1.165) is 0 Å². The second-order valence-corrected chi connectivity index (χ2v) is 7.54. The van der Waals surface area contributed by atoms with Crippen molar-refractivity contribution in [1.82, 2.24) is 24.8 Å². The summed E-state index contributed by atoms with van der Waals surface area (Å²) in [7, 11) is 3.51. The highest BCUT2D eigenvalue weighted by atomic mass is 35.5. The van der Waals surface area contributed by atoms with Gasteiger partial charge in [0.05, 0.1) is 10.9 Å². The minimum absolute atomic E-state index is 0. The lowest BCUT2D eigenvalue weighted by atomic mass is 10.0. The molecule has 0 bridgehead atoms. The first kappa shape index (κ1) is 27.1. The van der Waals surface area contributed by atoms with Crippen LogP contribution < -0.4 is 16.6 Å². The Bertz CT molecular complexity index is 953. The Labute approximate surface area is 182 Å². The molecule has 0 saturated carbocycles. The standard InChI is InChI=1S/C19H29N5O3.2ClH/c1-11(2)10-24-16-15(17(25)22-19(24)27)13(9-14(21-16)12(3)4)18(26)23(6)8-7-20-5;;/h9,11-12,20H,7-8,10H2,1-6H3,(H,22,25,27);2*1H. The zero-order chi connectivity index (χ0) is 20.3. The quantitative estimate of drug-likeness (QED) is 0.675. The van der Waals surface area contributed by atoms with E-state index in [1.54, 1.807) is 18.0 Å². The molecule has 0 fully saturated rings. The number of carbonyl (C=O) groups is 1. The third-order valence-corrected chi connectivity index (χ3v) is 4.38. The van der Waals surface area contributed by atoms with Gasteiger partial charge in [0.15, 0.2) is 5.65 Å². The zero-order valence-electron chi connectivity index (χ0n) is 17.7. The van der Waals surface area contributed by atoms with Crippen molar-refractivity contribution in [1.29, 1.82) is 0 Å². The van der Waals surface area contributed by atoms with Crippen molar-refractivity contribution in [2.24, 2.45) is 5.92 Å². The maximum Gasteiger partial charge on any atom is 0.330 e. The van der Waals surface area contributed by atoms with Gasteiger partial charge in [-0.25, -0.2) is 9.78 Å². The zero-order valence-corrected chi connectivity index (χ0v) is 19.4. The van der Waals surface area contributed by atoms with E-state index in [-0.39, 0.29) is 59.2 Å². The predicted octanol–water partition coefficient (Wildman–Crippen LogP) is 2.00. The number of aromatic nitrogens is 3. The van der Waals surface area contributed by atoms with E-state index < -0.39 is 11.2 Å². The van der Waals surface area contributed by atoms with Gasteiger partial charge < -0.3 is 10.2 Å². The number of H-pyrrole nitrogens is 1. The Morgan fingerprint density at radius 1 is 1.24 bits per heavy atom. The maximum absolute atomic E-state index is 13.0. The summed E-state index contributed by atoms with van der Waals surface area (Å²) in [5.41, 5.74) is 0.144. The molecule has 0 aliphatic rings. The number of pyridine rings is 1. The molecule has 164 valence electrons. The van der Waals surface area contributed by atoms with Crippen LogP contribution in [-0.2, 0) is 6.54 Å². The topological polar surface area (TPSA) is 100 Å². The Morgan fingerprint density at radius 3 is 2.38 bits per heavy atom. The van der Waals surface area contributed by atoms with Crippen LogP contribution in [0.1, 0.15) is 49.7 Å². The van der Waals surface area contributed by atoms with Crippen molar-refractivity contribution >= 4 is 41.8 Å². The fourth-order valence-corrected chi connectivity index (χ4v) is 2.88. The monoisotopic (exact) mass is 447 g/mol. The minimum Gasteiger partial charge on any atom is -0.340 e. The number of amides is 1. The lowest BCUT2D eigenvalue weighted by molar-refractivity contribution is 0.0798. The van der Waals surface area contributed by atoms with Crippen LogP contribution in [0.3, 0.4) is 0 Å². The fourth-order valence-electron chi connectivity index (χ4n) is 2.88. The Morgan fingerprint density at radius 2 is 1.86 bits per heavy atom. The summed E-state index contributed by atoms with van der Waals surface area (Å²) in [4.78, 5) is 46.5. The van der Waals surface area contributed by atoms with Crippen LogP contribution in [-0.4, -0.2) is 52.5 Å². The van der Waals surface area contributed by atoms with Gasteiger partial charge in [-0.2, -0.15) is 0 Å². The molecule has 8 nitrogen and oxygen atoms in total. The van der Waals surface area contributed by atoms with Crippen molar-refractivity contribution in [2.45, 2.75) is 40.2 Å². The summed E-state index contributed by atoms with van der Waals surface area (Å²) in [5, 5.41) is 3.17. The lowest BCUT2D eigenvalue weighted by Crippen LogP contribution is -2.36. The number of carbonyl (C=O) groups excluding carboxylic acids is 1. The van der Waals surface area contributed by atoms with Gasteiger partial charge in [-0.15, -0.1) is 24.8 Å². The van der Waals surface area contributed by atoms with E-state index in [1.807, 2.05) is 34.7 Å². The number of hydrogen-bond acceptors (Lipinski definition) is 5. The van der Waals surface area contributed by atoms with Crippen LogP contribution >= 0.6 is 24.8 Å². The molecule has 1 amide bonds. The van der Waals surface area contributed by atoms with E-state index in [1.165, 1.54) is 4.57 Å². The van der Waals surface area contributed by atoms with Crippen molar-refractivity contribution in [2.75, 3.05) is 27.2 Å². The third-order valence-electron chi connectivity index (χ3n) is 4.38. The van der Waals surface area contributed by atoms with Crippen molar-refractivity contribution in [3.63, 3.8) is 0 Å². The first-order chi connectivity index (χ1) is 12.7. The molecule has 0 spiro atoms. The number of halogens is 2. The Hall–Kier alpha value is -1.90. The lowest BCUT2D eigenvalue weighted by Gasteiger charge is -2.20. The van der Waals surface area contributed by atoms with E-state index in [4.69, 9.17) is 0 Å². The number of hydrogen-bond donors (Lipinski definition) is 2. The smallest absolute Gasteiger partial charge is 0.330 e. The van der Waals surface area contributed by atoms with E-state index in [2.05, 4.69) is 15.3 Å². The van der Waals surface area contributed by atoms with Gasteiger partial charge in [-0.3, -0.25) is 19.1 Å². The van der Waals surface area contributed by atoms with Gasteiger partial charge in [0.25, 0.3) is 11.5 Å². The second kappa shape index (κ2) is 11.3. The molecule has 2 heterocycles. The molecule has 2 aromatic rings. The normalized spacial score (nSPS) is 10.8. The summed E-state index contributed by atoms with van der Waals surface area (Å²) in [5.74, 6) is -0.0380. The average Bonchev–Trinajstić information content (AvgIpc) is 2.60. The SMILES string of the molecule is CNCCN(C)C(=O)c1cc(C(C)C)nc2c1c(=O)[nH]c(=O)n2CC(C)C.Cl.Cl. The second-order valence-electron chi connectivity index (χ2n) is 7.54. The van der Waals surface area contributed by atoms with Gasteiger partial charge in [0.2, 0.25) is 0 Å². The van der Waals surface area contributed by atoms with Crippen molar-refractivity contribution < 1.29 is 4.79 Å². The molecule has 0 unspecified atom stereocenters. The Balaban J connectivity index is 0.00000392. The molecular weight excluding hydrogens is 417 g/mol. The average molecular weight is 448 g/mol. The number of nitrogens with zero attached hydrogens (tertiary/aromatic N) is 3. The largest absolute Gasteiger partial charge is 0.340 e. The Kier molecular flexibility index (Phi) is 10.6. The molecule has 2 N–H and O–H groups in total. The molecule has 2 aromatic heterocycles. The first-order valence-corrected chi connectivity index (χ1v) is 9.25. The van der Waals surface area contributed by atoms with Crippen LogP contribution in [0.4, 0.5) is 0 Å². The summed E-state index contributed by atoms with van der Waals surface area (Å²) in [6.45, 7) is 9.43. The molecule has 0 aliphatic heterocycles. The molecule has 10 heteroatoms. The molecule has 0 radical (unpaired) electrons. The number of fused-ring (bicyclic) bond motifs is 1. The summed E-state index contributed by atoms with van der Waals surface area (Å²) >= 11 is 0. The third kappa shape index (κ3) is 6.04. The van der Waals surface area contributed by atoms with Gasteiger partial charge in [0.1, 0.15) is 0 Å². The highest BCUT2D eigenvalue weighted by Gasteiger charge is 2.22. The first-order valence-electron chi connectivity index (χ1n) is 9.25. The van der Waals surface area contributed by atoms with Crippen LogP contribution in [0.5, 0.6) is 0 Å². The number of aromatic amines is 1. The molecule has 29 heavy (non-hydrogen) atoms. The van der Waals surface area contributed by atoms with E-state index in [0.29, 0.717) is 25.3 Å². The molecule has 2 rings (SSSR count). The number of nitrogens with one attached hydrogen (secondary N) is 2. The number of likely N-dealkylation sites (N-methyl/N-ethyl adjacent to an activating group) is 2. The van der Waals surface area contributed by atoms with Crippen LogP contribution in [0.2, 0.25) is 0 Å². The van der Waals surface area contributed by atoms with Gasteiger partial charge in [-0.1, -0.05) is 27.7 Å².